The first kappa shape index (κ1) is 19.8. The third-order valence-corrected chi connectivity index (χ3v) is 5.65. The smallest absolute Gasteiger partial charge is 0.135 e. The average Bonchev–Trinajstić information content (AvgIpc) is 2.83. The summed E-state index contributed by atoms with van der Waals surface area (Å²) in [6.45, 7) is 2.74. The average molecular weight is 417 g/mol. The van der Waals surface area contributed by atoms with E-state index < -0.39 is 0 Å². The van der Waals surface area contributed by atoms with Crippen molar-refractivity contribution in [3.05, 3.63) is 109 Å². The Morgan fingerprint density at radius 1 is 0.812 bits per heavy atom. The Balaban J connectivity index is 1.75. The third kappa shape index (κ3) is 3.79. The molecule has 0 saturated heterocycles. The largest absolute Gasteiger partial charge is 0.397 e. The Kier molecular flexibility index (Phi) is 5.26. The van der Waals surface area contributed by atoms with E-state index in [1.807, 2.05) is 31.3 Å². The van der Waals surface area contributed by atoms with Crippen LogP contribution in [-0.4, -0.2) is 9.97 Å². The van der Waals surface area contributed by atoms with Crippen molar-refractivity contribution >= 4 is 22.3 Å². The molecule has 0 atom stereocenters. The van der Waals surface area contributed by atoms with Gasteiger partial charge in [0, 0.05) is 41.1 Å². The molecule has 2 aromatic heterocycles. The summed E-state index contributed by atoms with van der Waals surface area (Å²) in [5.74, 6) is 0.876. The van der Waals surface area contributed by atoms with Gasteiger partial charge in [-0.2, -0.15) is 0 Å². The van der Waals surface area contributed by atoms with E-state index in [-0.39, 0.29) is 0 Å². The minimum atomic E-state index is 0.639. The van der Waals surface area contributed by atoms with Gasteiger partial charge in [-0.15, -0.1) is 0 Å². The van der Waals surface area contributed by atoms with Crippen LogP contribution in [0.5, 0.6) is 0 Å². The van der Waals surface area contributed by atoms with Crippen LogP contribution in [0.3, 0.4) is 0 Å². The molecule has 5 aromatic rings. The molecule has 4 nitrogen and oxygen atoms in total. The molecule has 0 unspecified atom stereocenters. The molecule has 3 N–H and O–H groups in total. The van der Waals surface area contributed by atoms with Crippen molar-refractivity contribution in [3.63, 3.8) is 0 Å². The number of hydrogen-bond acceptors (Lipinski definition) is 4. The molecule has 0 radical (unpaired) electrons. The number of nitrogen functional groups attached to an aromatic ring is 1. The monoisotopic (exact) mass is 416 g/mol. The minimum absolute atomic E-state index is 0.639. The van der Waals surface area contributed by atoms with E-state index in [1.54, 1.807) is 6.20 Å². The van der Waals surface area contributed by atoms with Gasteiger partial charge in [-0.25, -0.2) is 4.98 Å². The van der Waals surface area contributed by atoms with E-state index in [0.29, 0.717) is 12.2 Å². The zero-order valence-corrected chi connectivity index (χ0v) is 17.9. The molecule has 32 heavy (non-hydrogen) atoms. The van der Waals surface area contributed by atoms with Gasteiger partial charge in [0.2, 0.25) is 0 Å². The summed E-state index contributed by atoms with van der Waals surface area (Å²) in [5, 5.41) is 5.82. The van der Waals surface area contributed by atoms with E-state index in [1.165, 1.54) is 5.56 Å². The van der Waals surface area contributed by atoms with Crippen LogP contribution in [0.25, 0.3) is 33.0 Å². The summed E-state index contributed by atoms with van der Waals surface area (Å²) in [7, 11) is 0. The molecule has 0 aliphatic heterocycles. The van der Waals surface area contributed by atoms with E-state index in [4.69, 9.17) is 10.7 Å². The topological polar surface area (TPSA) is 63.8 Å². The van der Waals surface area contributed by atoms with Gasteiger partial charge >= 0.3 is 0 Å². The molecule has 3 aromatic carbocycles. The quantitative estimate of drug-likeness (QED) is 0.345. The predicted molar refractivity (Wildman–Crippen MR) is 133 cm³/mol. The molecular formula is C28H24N4. The zero-order chi connectivity index (χ0) is 21.9. The number of aromatic nitrogens is 2. The van der Waals surface area contributed by atoms with Crippen molar-refractivity contribution in [3.8, 4) is 22.3 Å². The molecule has 156 valence electrons. The van der Waals surface area contributed by atoms with Crippen LogP contribution >= 0.6 is 0 Å². The summed E-state index contributed by atoms with van der Waals surface area (Å²) in [6.07, 6.45) is 3.52. The van der Waals surface area contributed by atoms with Crippen molar-refractivity contribution in [1.29, 1.82) is 0 Å². The highest BCUT2D eigenvalue weighted by molar-refractivity contribution is 6.10. The fourth-order valence-corrected chi connectivity index (χ4v) is 4.22. The van der Waals surface area contributed by atoms with E-state index in [9.17, 15) is 0 Å². The molecule has 0 aliphatic carbocycles. The molecule has 0 fully saturated rings. The zero-order valence-electron chi connectivity index (χ0n) is 17.9. The van der Waals surface area contributed by atoms with Gasteiger partial charge in [0.25, 0.3) is 0 Å². The van der Waals surface area contributed by atoms with Gasteiger partial charge < -0.3 is 11.1 Å². The number of benzene rings is 3. The number of pyridine rings is 2. The fourth-order valence-electron chi connectivity index (χ4n) is 4.22. The van der Waals surface area contributed by atoms with Gasteiger partial charge in [-0.1, -0.05) is 78.9 Å². The van der Waals surface area contributed by atoms with Crippen molar-refractivity contribution < 1.29 is 0 Å². The summed E-state index contributed by atoms with van der Waals surface area (Å²) >= 11 is 0. The first-order chi connectivity index (χ1) is 15.7. The maximum Gasteiger partial charge on any atom is 0.135 e. The summed E-state index contributed by atoms with van der Waals surface area (Å²) in [4.78, 5) is 9.35. The first-order valence-corrected chi connectivity index (χ1v) is 10.7. The molecule has 0 spiro atoms. The van der Waals surface area contributed by atoms with Gasteiger partial charge in [0.05, 0.1) is 5.69 Å². The number of anilines is 2. The lowest BCUT2D eigenvalue weighted by Gasteiger charge is -2.18. The summed E-state index contributed by atoms with van der Waals surface area (Å²) in [5.41, 5.74) is 13.2. The van der Waals surface area contributed by atoms with Crippen LogP contribution in [0, 0.1) is 6.92 Å². The highest BCUT2D eigenvalue weighted by atomic mass is 15.0. The van der Waals surface area contributed by atoms with Gasteiger partial charge in [-0.3, -0.25) is 4.98 Å². The summed E-state index contributed by atoms with van der Waals surface area (Å²) < 4.78 is 0. The van der Waals surface area contributed by atoms with Gasteiger partial charge in [0.15, 0.2) is 0 Å². The lowest BCUT2D eigenvalue weighted by atomic mass is 9.93. The SMILES string of the molecule is Cc1nc(NCc2ccccc2)c2c(-c3ccccc3)cccc2c1-c1cncc(N)c1. The number of nitrogens with zero attached hydrogens (tertiary/aromatic N) is 2. The molecule has 0 aliphatic rings. The van der Waals surface area contributed by atoms with E-state index in [2.05, 4.69) is 77.0 Å². The van der Waals surface area contributed by atoms with Crippen molar-refractivity contribution in [2.75, 3.05) is 11.1 Å². The van der Waals surface area contributed by atoms with Crippen LogP contribution in [0.1, 0.15) is 11.3 Å². The third-order valence-electron chi connectivity index (χ3n) is 5.65. The normalized spacial score (nSPS) is 10.9. The van der Waals surface area contributed by atoms with Gasteiger partial charge in [0.1, 0.15) is 5.82 Å². The van der Waals surface area contributed by atoms with Crippen molar-refractivity contribution in [1.82, 2.24) is 9.97 Å². The second kappa shape index (κ2) is 8.52. The Morgan fingerprint density at radius 2 is 1.56 bits per heavy atom. The summed E-state index contributed by atoms with van der Waals surface area (Å²) in [6, 6.07) is 29.2. The highest BCUT2D eigenvalue weighted by Crippen LogP contribution is 2.40. The number of rotatable bonds is 5. The first-order valence-electron chi connectivity index (χ1n) is 10.7. The molecule has 4 heteroatoms. The Labute approximate surface area is 187 Å². The van der Waals surface area contributed by atoms with Crippen LogP contribution in [0.4, 0.5) is 11.5 Å². The Hall–Kier alpha value is -4.18. The second-order valence-electron chi connectivity index (χ2n) is 7.86. The highest BCUT2D eigenvalue weighted by Gasteiger charge is 2.17. The minimum Gasteiger partial charge on any atom is -0.397 e. The Bertz CT molecular complexity index is 1380. The van der Waals surface area contributed by atoms with Crippen LogP contribution in [0.15, 0.2) is 97.3 Å². The van der Waals surface area contributed by atoms with Crippen LogP contribution in [-0.2, 0) is 6.54 Å². The molecular weight excluding hydrogens is 392 g/mol. The Morgan fingerprint density at radius 3 is 2.31 bits per heavy atom. The van der Waals surface area contributed by atoms with Crippen LogP contribution < -0.4 is 11.1 Å². The van der Waals surface area contributed by atoms with Crippen molar-refractivity contribution in [2.45, 2.75) is 13.5 Å². The predicted octanol–water partition coefficient (Wildman–Crippen LogP) is 6.47. The van der Waals surface area contributed by atoms with Crippen molar-refractivity contribution in [2.24, 2.45) is 0 Å². The van der Waals surface area contributed by atoms with E-state index >= 15 is 0 Å². The maximum atomic E-state index is 6.06. The standard InChI is InChI=1S/C28H24N4/c1-19-26(22-15-23(29)18-30-17-22)25-14-8-13-24(21-11-6-3-7-12-21)27(25)28(32-19)31-16-20-9-4-2-5-10-20/h2-15,17-18H,16,29H2,1H3,(H,31,32). The van der Waals surface area contributed by atoms with E-state index in [0.717, 1.165) is 44.5 Å². The maximum absolute atomic E-state index is 6.06. The molecule has 0 bridgehead atoms. The van der Waals surface area contributed by atoms with Crippen LogP contribution in [0.2, 0.25) is 0 Å². The number of aryl methyl sites for hydroxylation is 1. The molecule has 0 amide bonds. The second-order valence-corrected chi connectivity index (χ2v) is 7.86. The molecule has 0 saturated carbocycles. The fraction of sp³-hybridized carbons (Fsp3) is 0.0714. The number of nitrogens with one attached hydrogen (secondary N) is 1. The molecule has 5 rings (SSSR count). The van der Waals surface area contributed by atoms with Gasteiger partial charge in [-0.05, 0) is 35.1 Å². The number of hydrogen-bond donors (Lipinski definition) is 2. The lowest BCUT2D eigenvalue weighted by Crippen LogP contribution is -2.05. The lowest BCUT2D eigenvalue weighted by molar-refractivity contribution is 1.10. The number of nitrogens with two attached hydrogens (primary N) is 1. The molecule has 2 heterocycles. The number of fused-ring (bicyclic) bond motifs is 1.